The Hall–Kier alpha value is -2.86. The quantitative estimate of drug-likeness (QED) is 0.384. The highest BCUT2D eigenvalue weighted by atomic mass is 14.1. The molecule has 0 N–H and O–H groups in total. The van der Waals surface area contributed by atoms with E-state index in [0.29, 0.717) is 0 Å². The smallest absolute Gasteiger partial charge is 0.00834 e. The Morgan fingerprint density at radius 2 is 1.32 bits per heavy atom. The number of hydrogen-bond acceptors (Lipinski definition) is 0. The molecule has 0 atom stereocenters. The average molecular weight is 321 g/mol. The van der Waals surface area contributed by atoms with Crippen molar-refractivity contribution in [3.63, 3.8) is 0 Å². The summed E-state index contributed by atoms with van der Waals surface area (Å²) >= 11 is 0. The Morgan fingerprint density at radius 1 is 0.600 bits per heavy atom. The number of fused-ring (bicyclic) bond motifs is 1. The van der Waals surface area contributed by atoms with E-state index in [1.54, 1.807) is 0 Å². The molecule has 0 saturated carbocycles. The Morgan fingerprint density at radius 3 is 2.24 bits per heavy atom. The van der Waals surface area contributed by atoms with Gasteiger partial charge in [0.05, 0.1) is 0 Å². The summed E-state index contributed by atoms with van der Waals surface area (Å²) in [6.45, 7) is 0. The molecular formula is C25H21. The van der Waals surface area contributed by atoms with Crippen LogP contribution in [0.25, 0.3) is 21.9 Å². The summed E-state index contributed by atoms with van der Waals surface area (Å²) in [6.07, 6.45) is 4.46. The van der Waals surface area contributed by atoms with Gasteiger partial charge in [-0.2, -0.15) is 0 Å². The van der Waals surface area contributed by atoms with E-state index < -0.39 is 0 Å². The molecule has 0 spiro atoms. The maximum absolute atomic E-state index is 2.37. The zero-order chi connectivity index (χ0) is 16.9. The molecule has 4 aromatic carbocycles. The van der Waals surface area contributed by atoms with Gasteiger partial charge in [0.25, 0.3) is 0 Å². The molecule has 1 radical (unpaired) electrons. The molecule has 0 fully saturated rings. The van der Waals surface area contributed by atoms with Gasteiger partial charge in [0.2, 0.25) is 0 Å². The van der Waals surface area contributed by atoms with Crippen molar-refractivity contribution in [3.8, 4) is 11.1 Å². The maximum atomic E-state index is 2.37. The molecule has 121 valence electrons. The first-order chi connectivity index (χ1) is 12.4. The zero-order valence-corrected chi connectivity index (χ0v) is 14.2. The second kappa shape index (κ2) is 7.36. The van der Waals surface area contributed by atoms with E-state index in [4.69, 9.17) is 0 Å². The fraction of sp³-hybridized carbons (Fsp3) is 0.0800. The topological polar surface area (TPSA) is 0 Å². The van der Waals surface area contributed by atoms with Crippen LogP contribution in [0.3, 0.4) is 0 Å². The summed E-state index contributed by atoms with van der Waals surface area (Å²) in [4.78, 5) is 0. The standard InChI is InChI=1S/C25H21/c1-2-10-20(11-3-1)24-18-6-4-12-21(24)14-8-16-23-17-9-15-22-13-5-7-19-25(22)23/h1-7,9-15,17-19H,8,16H2. The van der Waals surface area contributed by atoms with Gasteiger partial charge >= 0.3 is 0 Å². The molecule has 4 rings (SSSR count). The van der Waals surface area contributed by atoms with Gasteiger partial charge in [0.1, 0.15) is 0 Å². The van der Waals surface area contributed by atoms with Crippen LogP contribution in [0, 0.1) is 6.42 Å². The van der Waals surface area contributed by atoms with Crippen LogP contribution in [0.1, 0.15) is 17.5 Å². The number of aryl methyl sites for hydroxylation is 1. The summed E-state index contributed by atoms with van der Waals surface area (Å²) in [6, 6.07) is 34.5. The van der Waals surface area contributed by atoms with E-state index in [2.05, 4.69) is 103 Å². The number of rotatable bonds is 5. The minimum atomic E-state index is 1.04. The normalized spacial score (nSPS) is 10.9. The summed E-state index contributed by atoms with van der Waals surface area (Å²) in [5.41, 5.74) is 5.32. The van der Waals surface area contributed by atoms with Crippen LogP contribution in [0.15, 0.2) is 97.1 Å². The lowest BCUT2D eigenvalue weighted by atomic mass is 9.94. The third-order valence-corrected chi connectivity index (χ3v) is 4.70. The molecule has 0 heterocycles. The van der Waals surface area contributed by atoms with E-state index in [1.807, 2.05) is 0 Å². The first-order valence-corrected chi connectivity index (χ1v) is 8.86. The van der Waals surface area contributed by atoms with Crippen molar-refractivity contribution in [2.24, 2.45) is 0 Å². The van der Waals surface area contributed by atoms with Gasteiger partial charge in [-0.25, -0.2) is 0 Å². The van der Waals surface area contributed by atoms with E-state index >= 15 is 0 Å². The maximum Gasteiger partial charge on any atom is -0.00834 e. The van der Waals surface area contributed by atoms with Crippen molar-refractivity contribution >= 4 is 10.8 Å². The van der Waals surface area contributed by atoms with E-state index in [9.17, 15) is 0 Å². The van der Waals surface area contributed by atoms with Crippen LogP contribution in [-0.2, 0) is 6.42 Å². The highest BCUT2D eigenvalue weighted by Gasteiger charge is 2.06. The van der Waals surface area contributed by atoms with Gasteiger partial charge in [-0.15, -0.1) is 0 Å². The molecule has 0 saturated heterocycles. The fourth-order valence-corrected chi connectivity index (χ4v) is 3.45. The zero-order valence-electron chi connectivity index (χ0n) is 14.2. The molecule has 0 aromatic heterocycles. The Balaban J connectivity index is 1.53. The molecule has 0 bridgehead atoms. The van der Waals surface area contributed by atoms with Crippen LogP contribution in [-0.4, -0.2) is 0 Å². The highest BCUT2D eigenvalue weighted by Crippen LogP contribution is 2.26. The van der Waals surface area contributed by atoms with Gasteiger partial charge in [0, 0.05) is 0 Å². The first kappa shape index (κ1) is 15.7. The lowest BCUT2D eigenvalue weighted by Gasteiger charge is -2.10. The predicted molar refractivity (Wildman–Crippen MR) is 108 cm³/mol. The molecule has 0 nitrogen and oxygen atoms in total. The van der Waals surface area contributed by atoms with E-state index in [1.165, 1.54) is 33.0 Å². The van der Waals surface area contributed by atoms with Gasteiger partial charge in [-0.05, 0) is 52.3 Å². The van der Waals surface area contributed by atoms with E-state index in [0.717, 1.165) is 12.8 Å². The molecule has 0 heteroatoms. The average Bonchev–Trinajstić information content (AvgIpc) is 2.69. The Labute approximate surface area is 149 Å². The Bertz CT molecular complexity index is 962. The molecule has 0 amide bonds. The summed E-state index contributed by atoms with van der Waals surface area (Å²) in [7, 11) is 0. The third kappa shape index (κ3) is 3.49. The highest BCUT2D eigenvalue weighted by molar-refractivity contribution is 5.85. The van der Waals surface area contributed by atoms with Gasteiger partial charge in [0.15, 0.2) is 0 Å². The number of hydrogen-bond donors (Lipinski definition) is 0. The van der Waals surface area contributed by atoms with Crippen molar-refractivity contribution in [2.75, 3.05) is 0 Å². The summed E-state index contributed by atoms with van der Waals surface area (Å²) in [5, 5.41) is 2.69. The number of benzene rings is 4. The molecular weight excluding hydrogens is 300 g/mol. The summed E-state index contributed by atoms with van der Waals surface area (Å²) in [5.74, 6) is 0. The van der Waals surface area contributed by atoms with Gasteiger partial charge in [-0.3, -0.25) is 0 Å². The third-order valence-electron chi connectivity index (χ3n) is 4.70. The molecule has 0 unspecified atom stereocenters. The van der Waals surface area contributed by atoms with E-state index in [-0.39, 0.29) is 0 Å². The Kier molecular flexibility index (Phi) is 4.61. The van der Waals surface area contributed by atoms with Gasteiger partial charge < -0.3 is 0 Å². The van der Waals surface area contributed by atoms with Crippen LogP contribution < -0.4 is 0 Å². The van der Waals surface area contributed by atoms with Gasteiger partial charge in [-0.1, -0.05) is 97.1 Å². The fourth-order valence-electron chi connectivity index (χ4n) is 3.45. The minimum absolute atomic E-state index is 1.04. The molecule has 0 aliphatic heterocycles. The molecule has 0 aliphatic carbocycles. The predicted octanol–water partition coefficient (Wildman–Crippen LogP) is 6.69. The van der Waals surface area contributed by atoms with Crippen molar-refractivity contribution in [2.45, 2.75) is 12.8 Å². The largest absolute Gasteiger partial charge is 0.0622 e. The van der Waals surface area contributed by atoms with Crippen molar-refractivity contribution < 1.29 is 0 Å². The van der Waals surface area contributed by atoms with Crippen molar-refractivity contribution in [1.29, 1.82) is 0 Å². The van der Waals surface area contributed by atoms with Crippen LogP contribution >= 0.6 is 0 Å². The molecule has 0 aliphatic rings. The summed E-state index contributed by atoms with van der Waals surface area (Å²) < 4.78 is 0. The minimum Gasteiger partial charge on any atom is -0.0622 e. The first-order valence-electron chi connectivity index (χ1n) is 8.86. The second-order valence-electron chi connectivity index (χ2n) is 6.33. The van der Waals surface area contributed by atoms with Crippen molar-refractivity contribution in [1.82, 2.24) is 0 Å². The SMILES string of the molecule is [CH](CCc1cccc2ccccc12)c1ccccc1-c1ccccc1. The lowest BCUT2D eigenvalue weighted by Crippen LogP contribution is -1.92. The molecule has 25 heavy (non-hydrogen) atoms. The van der Waals surface area contributed by atoms with Crippen molar-refractivity contribution in [3.05, 3.63) is 115 Å². The monoisotopic (exact) mass is 321 g/mol. The molecule has 4 aromatic rings. The lowest BCUT2D eigenvalue weighted by molar-refractivity contribution is 0.960. The second-order valence-corrected chi connectivity index (χ2v) is 6.33. The van der Waals surface area contributed by atoms with Crippen LogP contribution in [0.2, 0.25) is 0 Å². The van der Waals surface area contributed by atoms with Crippen LogP contribution in [0.5, 0.6) is 0 Å². The van der Waals surface area contributed by atoms with Crippen LogP contribution in [0.4, 0.5) is 0 Å².